The standard InChI is InChI=1S/C20H18N6O3S/c1-12(16(27)22-18(21)29)30-20-24-23-19-25(11-13-7-3-2-4-8-13)17(28)14-9-5-6-10-15(14)26(19)20/h2-10,12H,11H2,1H3,(H3,21,22,27,29). The molecule has 1 unspecified atom stereocenters. The van der Waals surface area contributed by atoms with E-state index in [9.17, 15) is 14.4 Å². The number of carbonyl (C=O) groups excluding carboxylic acids is 2. The summed E-state index contributed by atoms with van der Waals surface area (Å²) in [5.74, 6) is -0.168. The van der Waals surface area contributed by atoms with Crippen LogP contribution in [0.1, 0.15) is 12.5 Å². The number of fused-ring (bicyclic) bond motifs is 3. The third kappa shape index (κ3) is 3.64. The fourth-order valence-electron chi connectivity index (χ4n) is 3.15. The molecule has 0 fully saturated rings. The second kappa shape index (κ2) is 7.99. The fraction of sp³-hybridized carbons (Fsp3) is 0.150. The Labute approximate surface area is 174 Å². The number of rotatable bonds is 5. The first kappa shape index (κ1) is 19.6. The maximum absolute atomic E-state index is 13.2. The van der Waals surface area contributed by atoms with Gasteiger partial charge >= 0.3 is 6.03 Å². The Hall–Kier alpha value is -3.66. The van der Waals surface area contributed by atoms with Gasteiger partial charge in [0.15, 0.2) is 5.16 Å². The number of carbonyl (C=O) groups is 2. The van der Waals surface area contributed by atoms with Gasteiger partial charge in [0.1, 0.15) is 0 Å². The molecular weight excluding hydrogens is 404 g/mol. The Kier molecular flexibility index (Phi) is 5.23. The quantitative estimate of drug-likeness (QED) is 0.472. The van der Waals surface area contributed by atoms with Crippen LogP contribution in [0.25, 0.3) is 16.7 Å². The first-order chi connectivity index (χ1) is 14.5. The highest BCUT2D eigenvalue weighted by Gasteiger charge is 2.22. The number of nitrogens with one attached hydrogen (secondary N) is 1. The molecule has 10 heteroatoms. The summed E-state index contributed by atoms with van der Waals surface area (Å²) >= 11 is 1.12. The van der Waals surface area contributed by atoms with Gasteiger partial charge in [-0.25, -0.2) is 4.79 Å². The largest absolute Gasteiger partial charge is 0.351 e. The number of imide groups is 1. The van der Waals surface area contributed by atoms with E-state index in [2.05, 4.69) is 15.5 Å². The highest BCUT2D eigenvalue weighted by atomic mass is 32.2. The summed E-state index contributed by atoms with van der Waals surface area (Å²) in [6.45, 7) is 1.96. The zero-order valence-corrected chi connectivity index (χ0v) is 16.8. The predicted octanol–water partition coefficient (Wildman–Crippen LogP) is 1.77. The number of nitrogens with zero attached hydrogens (tertiary/aromatic N) is 4. The first-order valence-corrected chi connectivity index (χ1v) is 10.0. The van der Waals surface area contributed by atoms with E-state index < -0.39 is 17.2 Å². The van der Waals surface area contributed by atoms with E-state index in [-0.39, 0.29) is 5.56 Å². The van der Waals surface area contributed by atoms with Crippen molar-refractivity contribution in [1.29, 1.82) is 0 Å². The van der Waals surface area contributed by atoms with Gasteiger partial charge in [-0.3, -0.25) is 23.9 Å². The van der Waals surface area contributed by atoms with Gasteiger partial charge in [0, 0.05) is 0 Å². The Morgan fingerprint density at radius 2 is 1.80 bits per heavy atom. The van der Waals surface area contributed by atoms with Crippen LogP contribution in [0.15, 0.2) is 64.5 Å². The lowest BCUT2D eigenvalue weighted by atomic mass is 10.2. The summed E-state index contributed by atoms with van der Waals surface area (Å²) in [5.41, 5.74) is 6.44. The molecule has 0 saturated heterocycles. The Bertz CT molecular complexity index is 1310. The van der Waals surface area contributed by atoms with Crippen molar-refractivity contribution in [2.45, 2.75) is 23.9 Å². The molecule has 0 spiro atoms. The topological polar surface area (TPSA) is 124 Å². The van der Waals surface area contributed by atoms with E-state index >= 15 is 0 Å². The first-order valence-electron chi connectivity index (χ1n) is 9.13. The third-order valence-corrected chi connectivity index (χ3v) is 5.60. The van der Waals surface area contributed by atoms with E-state index in [1.807, 2.05) is 36.4 Å². The van der Waals surface area contributed by atoms with Crippen LogP contribution < -0.4 is 16.6 Å². The third-order valence-electron chi connectivity index (χ3n) is 4.56. The van der Waals surface area contributed by atoms with Crippen molar-refractivity contribution in [3.8, 4) is 0 Å². The molecule has 0 radical (unpaired) electrons. The number of aromatic nitrogens is 4. The second-order valence-electron chi connectivity index (χ2n) is 6.63. The van der Waals surface area contributed by atoms with Gasteiger partial charge < -0.3 is 5.73 Å². The van der Waals surface area contributed by atoms with E-state index in [1.165, 1.54) is 0 Å². The number of benzene rings is 2. The molecule has 0 aliphatic heterocycles. The molecule has 2 heterocycles. The lowest BCUT2D eigenvalue weighted by Gasteiger charge is -2.12. The summed E-state index contributed by atoms with van der Waals surface area (Å²) in [7, 11) is 0. The van der Waals surface area contributed by atoms with Crippen LogP contribution in [0.3, 0.4) is 0 Å². The van der Waals surface area contributed by atoms with Gasteiger partial charge in [-0.05, 0) is 24.6 Å². The average Bonchev–Trinajstić information content (AvgIpc) is 3.15. The minimum Gasteiger partial charge on any atom is -0.351 e. The number of amides is 3. The molecule has 30 heavy (non-hydrogen) atoms. The second-order valence-corrected chi connectivity index (χ2v) is 7.93. The lowest BCUT2D eigenvalue weighted by molar-refractivity contribution is -0.119. The number of hydrogen-bond donors (Lipinski definition) is 2. The van der Waals surface area contributed by atoms with Crippen molar-refractivity contribution in [2.24, 2.45) is 5.73 Å². The molecule has 0 aliphatic rings. The Morgan fingerprint density at radius 1 is 1.10 bits per heavy atom. The minimum absolute atomic E-state index is 0.176. The zero-order chi connectivity index (χ0) is 21.3. The van der Waals surface area contributed by atoms with Crippen LogP contribution in [0.5, 0.6) is 0 Å². The Morgan fingerprint density at radius 3 is 2.53 bits per heavy atom. The van der Waals surface area contributed by atoms with Gasteiger partial charge in [-0.2, -0.15) is 0 Å². The highest BCUT2D eigenvalue weighted by molar-refractivity contribution is 8.00. The number of hydrogen-bond acceptors (Lipinski definition) is 6. The van der Waals surface area contributed by atoms with Gasteiger partial charge in [0.25, 0.3) is 5.56 Å². The summed E-state index contributed by atoms with van der Waals surface area (Å²) < 4.78 is 3.31. The molecule has 2 aromatic carbocycles. The SMILES string of the molecule is CC(Sc1nnc2n(Cc3ccccc3)c(=O)c3ccccc3n12)C(=O)NC(N)=O. The van der Waals surface area contributed by atoms with Crippen molar-refractivity contribution in [2.75, 3.05) is 0 Å². The number of urea groups is 1. The van der Waals surface area contributed by atoms with E-state index in [4.69, 9.17) is 5.73 Å². The van der Waals surface area contributed by atoms with Crippen LogP contribution in [0.2, 0.25) is 0 Å². The van der Waals surface area contributed by atoms with Crippen LogP contribution in [0, 0.1) is 0 Å². The number of primary amides is 1. The van der Waals surface area contributed by atoms with Crippen molar-refractivity contribution in [3.05, 3.63) is 70.5 Å². The fourth-order valence-corrected chi connectivity index (χ4v) is 4.01. The summed E-state index contributed by atoms with van der Waals surface area (Å²) in [4.78, 5) is 36.2. The maximum atomic E-state index is 13.2. The van der Waals surface area contributed by atoms with Crippen LogP contribution in [-0.4, -0.2) is 36.4 Å². The van der Waals surface area contributed by atoms with Crippen LogP contribution in [0.4, 0.5) is 4.79 Å². The van der Waals surface area contributed by atoms with E-state index in [1.54, 1.807) is 34.1 Å². The molecule has 0 aliphatic carbocycles. The molecule has 4 rings (SSSR count). The lowest BCUT2D eigenvalue weighted by Crippen LogP contribution is -2.39. The normalized spacial score (nSPS) is 12.2. The maximum Gasteiger partial charge on any atom is 0.318 e. The van der Waals surface area contributed by atoms with Crippen molar-refractivity contribution >= 4 is 40.4 Å². The summed E-state index contributed by atoms with van der Waals surface area (Å²) in [6, 6.07) is 15.8. The van der Waals surface area contributed by atoms with Crippen molar-refractivity contribution < 1.29 is 9.59 Å². The molecule has 3 amide bonds. The molecule has 1 atom stereocenters. The van der Waals surface area contributed by atoms with Gasteiger partial charge in [-0.1, -0.05) is 54.2 Å². The summed E-state index contributed by atoms with van der Waals surface area (Å²) in [5, 5.41) is 10.8. The van der Waals surface area contributed by atoms with Crippen molar-refractivity contribution in [1.82, 2.24) is 24.5 Å². The number of thioether (sulfide) groups is 1. The molecule has 0 bridgehead atoms. The number of para-hydroxylation sites is 1. The Balaban J connectivity index is 1.85. The zero-order valence-electron chi connectivity index (χ0n) is 16.0. The van der Waals surface area contributed by atoms with Crippen molar-refractivity contribution in [3.63, 3.8) is 0 Å². The van der Waals surface area contributed by atoms with Crippen LogP contribution >= 0.6 is 11.8 Å². The average molecular weight is 422 g/mol. The molecule has 9 nitrogen and oxygen atoms in total. The van der Waals surface area contributed by atoms with Gasteiger partial charge in [-0.15, -0.1) is 10.2 Å². The van der Waals surface area contributed by atoms with Crippen LogP contribution in [-0.2, 0) is 11.3 Å². The smallest absolute Gasteiger partial charge is 0.318 e. The minimum atomic E-state index is -0.916. The monoisotopic (exact) mass is 422 g/mol. The van der Waals surface area contributed by atoms with E-state index in [0.717, 1.165) is 17.3 Å². The molecule has 0 saturated carbocycles. The molecular formula is C20H18N6O3S. The molecule has 3 N–H and O–H groups in total. The summed E-state index contributed by atoms with van der Waals surface area (Å²) in [6.07, 6.45) is 0. The highest BCUT2D eigenvalue weighted by Crippen LogP contribution is 2.25. The van der Waals surface area contributed by atoms with Gasteiger partial charge in [0.2, 0.25) is 11.7 Å². The van der Waals surface area contributed by atoms with Gasteiger partial charge in [0.05, 0.1) is 22.7 Å². The van der Waals surface area contributed by atoms with E-state index in [0.29, 0.717) is 28.4 Å². The predicted molar refractivity (Wildman–Crippen MR) is 113 cm³/mol. The molecule has 2 aromatic heterocycles. The number of nitrogens with two attached hydrogens (primary N) is 1. The molecule has 152 valence electrons. The molecule has 4 aromatic rings.